The molecule has 0 amide bonds. The molecular weight excluding hydrogens is 129 g/mol. The molecule has 1 radical (unpaired) electrons. The summed E-state index contributed by atoms with van der Waals surface area (Å²) in [6.07, 6.45) is 6.52. The monoisotopic (exact) mass is 144 g/mol. The van der Waals surface area contributed by atoms with Gasteiger partial charge in [-0.3, -0.25) is 0 Å². The van der Waals surface area contributed by atoms with Crippen molar-refractivity contribution in [1.29, 1.82) is 0 Å². The third-order valence-corrected chi connectivity index (χ3v) is 1.10. The van der Waals surface area contributed by atoms with Gasteiger partial charge in [0.15, 0.2) is 0 Å². The largest absolute Gasteiger partial charge is 0.343 e. The van der Waals surface area contributed by atoms with Gasteiger partial charge >= 0.3 is 0 Å². The molecule has 0 N–H and O–H groups in total. The first-order chi connectivity index (χ1) is 3.41. The summed E-state index contributed by atoms with van der Waals surface area (Å²) in [5, 5.41) is 0. The standard InChI is InChI=1S/C7H15.Sc/c1-3-5-7-6-4-2;/h1,3-7H2,2H3;/q-1;. The summed E-state index contributed by atoms with van der Waals surface area (Å²) in [5.74, 6) is 0. The Morgan fingerprint density at radius 2 is 1.75 bits per heavy atom. The van der Waals surface area contributed by atoms with Crippen LogP contribution in [-0.2, 0) is 25.8 Å². The SMILES string of the molecule is [CH2-]CCCCCC.[Sc]. The summed E-state index contributed by atoms with van der Waals surface area (Å²) in [6.45, 7) is 5.98. The van der Waals surface area contributed by atoms with Gasteiger partial charge in [-0.2, -0.15) is 6.42 Å². The van der Waals surface area contributed by atoms with Gasteiger partial charge in [0.05, 0.1) is 0 Å². The molecule has 1 heteroatoms. The summed E-state index contributed by atoms with van der Waals surface area (Å²) < 4.78 is 0. The van der Waals surface area contributed by atoms with Crippen LogP contribution in [0.2, 0.25) is 0 Å². The molecule has 0 unspecified atom stereocenters. The number of hydrogen-bond donors (Lipinski definition) is 0. The Labute approximate surface area is 71.8 Å². The molecular formula is C7H15Sc-. The van der Waals surface area contributed by atoms with Gasteiger partial charge < -0.3 is 6.92 Å². The third kappa shape index (κ3) is 9.98. The van der Waals surface area contributed by atoms with Gasteiger partial charge in [-0.15, -0.1) is 0 Å². The molecule has 0 atom stereocenters. The second kappa shape index (κ2) is 10.8. The van der Waals surface area contributed by atoms with Crippen LogP contribution in [0.3, 0.4) is 0 Å². The van der Waals surface area contributed by atoms with Crippen molar-refractivity contribution in [2.75, 3.05) is 0 Å². The van der Waals surface area contributed by atoms with Crippen LogP contribution in [-0.4, -0.2) is 0 Å². The molecule has 8 heavy (non-hydrogen) atoms. The van der Waals surface area contributed by atoms with E-state index in [1.807, 2.05) is 0 Å². The minimum atomic E-state index is 0. The van der Waals surface area contributed by atoms with Gasteiger partial charge in [0, 0.05) is 25.8 Å². The average molecular weight is 144 g/mol. The van der Waals surface area contributed by atoms with E-state index in [-0.39, 0.29) is 25.8 Å². The van der Waals surface area contributed by atoms with Crippen LogP contribution in [0.15, 0.2) is 0 Å². The second-order valence-electron chi connectivity index (χ2n) is 1.91. The Morgan fingerprint density at radius 3 is 2.12 bits per heavy atom. The van der Waals surface area contributed by atoms with Crippen LogP contribution >= 0.6 is 0 Å². The molecule has 0 aromatic carbocycles. The van der Waals surface area contributed by atoms with E-state index in [4.69, 9.17) is 0 Å². The molecule has 0 aliphatic carbocycles. The minimum absolute atomic E-state index is 0. The van der Waals surface area contributed by atoms with Gasteiger partial charge in [0.2, 0.25) is 0 Å². The van der Waals surface area contributed by atoms with Crippen molar-refractivity contribution in [3.8, 4) is 0 Å². The molecule has 0 saturated carbocycles. The maximum Gasteiger partial charge on any atom is 0 e. The molecule has 0 spiro atoms. The first-order valence-electron chi connectivity index (χ1n) is 3.21. The van der Waals surface area contributed by atoms with E-state index in [0.29, 0.717) is 0 Å². The molecule has 0 bridgehead atoms. The molecule has 0 aromatic rings. The second-order valence-corrected chi connectivity index (χ2v) is 1.91. The molecule has 0 aliphatic heterocycles. The van der Waals surface area contributed by atoms with E-state index in [1.54, 1.807) is 0 Å². The summed E-state index contributed by atoms with van der Waals surface area (Å²) in [5.41, 5.74) is 0. The van der Waals surface area contributed by atoms with Gasteiger partial charge in [-0.25, -0.2) is 0 Å². The van der Waals surface area contributed by atoms with E-state index >= 15 is 0 Å². The smallest absolute Gasteiger partial charge is 0 e. The van der Waals surface area contributed by atoms with Crippen molar-refractivity contribution < 1.29 is 25.8 Å². The van der Waals surface area contributed by atoms with Crippen LogP contribution in [0.25, 0.3) is 0 Å². The van der Waals surface area contributed by atoms with Gasteiger partial charge in [-0.05, 0) is 0 Å². The average Bonchev–Trinajstić information content (AvgIpc) is 1.69. The molecule has 0 saturated heterocycles. The van der Waals surface area contributed by atoms with Gasteiger partial charge in [0.1, 0.15) is 0 Å². The van der Waals surface area contributed by atoms with E-state index in [2.05, 4.69) is 13.8 Å². The van der Waals surface area contributed by atoms with Gasteiger partial charge in [0.25, 0.3) is 0 Å². The number of rotatable bonds is 4. The zero-order valence-corrected chi connectivity index (χ0v) is 7.62. The predicted molar refractivity (Wildman–Crippen MR) is 34.1 cm³/mol. The molecule has 0 heterocycles. The minimum Gasteiger partial charge on any atom is -0.343 e. The van der Waals surface area contributed by atoms with Crippen molar-refractivity contribution in [3.63, 3.8) is 0 Å². The van der Waals surface area contributed by atoms with E-state index < -0.39 is 0 Å². The zero-order chi connectivity index (χ0) is 5.54. The van der Waals surface area contributed by atoms with Crippen LogP contribution in [0.4, 0.5) is 0 Å². The summed E-state index contributed by atoms with van der Waals surface area (Å²) in [7, 11) is 0. The fourth-order valence-electron chi connectivity index (χ4n) is 0.604. The molecule has 0 aliphatic rings. The van der Waals surface area contributed by atoms with Crippen LogP contribution in [0.5, 0.6) is 0 Å². The van der Waals surface area contributed by atoms with Crippen LogP contribution in [0, 0.1) is 6.92 Å². The Balaban J connectivity index is 0. The van der Waals surface area contributed by atoms with Crippen molar-refractivity contribution >= 4 is 0 Å². The van der Waals surface area contributed by atoms with E-state index in [1.165, 1.54) is 25.7 Å². The topological polar surface area (TPSA) is 0 Å². The Hall–Kier alpha value is 0.870. The van der Waals surface area contributed by atoms with Gasteiger partial charge in [-0.1, -0.05) is 32.6 Å². The summed E-state index contributed by atoms with van der Waals surface area (Å²) in [4.78, 5) is 0. The van der Waals surface area contributed by atoms with Crippen LogP contribution in [0.1, 0.15) is 39.0 Å². The normalized spacial score (nSPS) is 8.25. The Kier molecular flexibility index (Phi) is 15.7. The van der Waals surface area contributed by atoms with E-state index in [0.717, 1.165) is 6.42 Å². The maximum absolute atomic E-state index is 3.76. The molecule has 0 nitrogen and oxygen atoms in total. The first-order valence-corrected chi connectivity index (χ1v) is 3.21. The quantitative estimate of drug-likeness (QED) is 0.420. The first kappa shape index (κ1) is 11.6. The Bertz CT molecular complexity index is 23.6. The van der Waals surface area contributed by atoms with Crippen molar-refractivity contribution in [3.05, 3.63) is 6.92 Å². The molecule has 0 aromatic heterocycles. The fraction of sp³-hybridized carbons (Fsp3) is 0.857. The molecule has 0 rings (SSSR count). The Morgan fingerprint density at radius 1 is 1.12 bits per heavy atom. The van der Waals surface area contributed by atoms with Crippen molar-refractivity contribution in [2.45, 2.75) is 39.0 Å². The maximum atomic E-state index is 3.76. The zero-order valence-electron chi connectivity index (χ0n) is 5.82. The fourth-order valence-corrected chi connectivity index (χ4v) is 0.604. The van der Waals surface area contributed by atoms with Crippen LogP contribution < -0.4 is 0 Å². The third-order valence-electron chi connectivity index (χ3n) is 1.10. The number of hydrogen-bond acceptors (Lipinski definition) is 0. The van der Waals surface area contributed by atoms with Crippen molar-refractivity contribution in [1.82, 2.24) is 0 Å². The van der Waals surface area contributed by atoms with Crippen molar-refractivity contribution in [2.24, 2.45) is 0 Å². The molecule has 0 fully saturated rings. The summed E-state index contributed by atoms with van der Waals surface area (Å²) >= 11 is 0. The molecule has 47 valence electrons. The number of unbranched alkanes of at least 4 members (excludes halogenated alkanes) is 4. The van der Waals surface area contributed by atoms with E-state index in [9.17, 15) is 0 Å². The summed E-state index contributed by atoms with van der Waals surface area (Å²) in [6, 6.07) is 0. The predicted octanol–water partition coefficient (Wildman–Crippen LogP) is 2.79.